The maximum absolute atomic E-state index is 12.8. The van der Waals surface area contributed by atoms with Crippen LogP contribution in [0.25, 0.3) is 11.1 Å². The molecule has 2 N–H and O–H groups in total. The van der Waals surface area contributed by atoms with E-state index >= 15 is 0 Å². The fourth-order valence-electron chi connectivity index (χ4n) is 5.74. The Morgan fingerprint density at radius 3 is 2.26 bits per heavy atom. The molecule has 2 fully saturated rings. The summed E-state index contributed by atoms with van der Waals surface area (Å²) < 4.78 is 5.67. The number of hydrogen-bond donors (Lipinski definition) is 2. The summed E-state index contributed by atoms with van der Waals surface area (Å²) in [5, 5.41) is 11.9. The van der Waals surface area contributed by atoms with Crippen molar-refractivity contribution < 1.29 is 24.2 Å². The van der Waals surface area contributed by atoms with E-state index in [1.165, 1.54) is 22.3 Å². The first-order chi connectivity index (χ1) is 16.5. The molecular weight excluding hydrogens is 432 g/mol. The minimum absolute atomic E-state index is 0.0176. The van der Waals surface area contributed by atoms with Crippen molar-refractivity contribution in [3.8, 4) is 11.1 Å². The highest BCUT2D eigenvalue weighted by molar-refractivity contribution is 5.81. The standard InChI is InChI=1S/C27H30N2O5/c30-25(31)12-17-14-29(15-17)26(32)18-6-5-7-19(13-18)28-27(33)34-16-24-22-10-3-1-8-20(22)21-9-2-4-11-23(21)24/h1-4,8-11,17-19,24H,5-7,12-16H2,(H,28,33)(H,30,31)/t18-,19+/m1/s1. The molecule has 2 amide bonds. The zero-order chi connectivity index (χ0) is 23.7. The average molecular weight is 463 g/mol. The Kier molecular flexibility index (Phi) is 6.26. The largest absolute Gasteiger partial charge is 0.481 e. The van der Waals surface area contributed by atoms with E-state index in [1.807, 2.05) is 24.3 Å². The van der Waals surface area contributed by atoms with Gasteiger partial charge in [-0.2, -0.15) is 0 Å². The number of carbonyl (C=O) groups excluding carboxylic acids is 2. The monoisotopic (exact) mass is 462 g/mol. The smallest absolute Gasteiger partial charge is 0.407 e. The third-order valence-electron chi connectivity index (χ3n) is 7.42. The molecule has 0 radical (unpaired) electrons. The second kappa shape index (κ2) is 9.49. The highest BCUT2D eigenvalue weighted by Crippen LogP contribution is 2.44. The Labute approximate surface area is 199 Å². The van der Waals surface area contributed by atoms with Gasteiger partial charge in [-0.25, -0.2) is 4.79 Å². The average Bonchev–Trinajstić information content (AvgIpc) is 3.13. The lowest BCUT2D eigenvalue weighted by Crippen LogP contribution is -2.53. The van der Waals surface area contributed by atoms with Crippen LogP contribution in [0, 0.1) is 11.8 Å². The molecule has 5 rings (SSSR count). The van der Waals surface area contributed by atoms with Crippen LogP contribution in [0.1, 0.15) is 49.1 Å². The van der Waals surface area contributed by atoms with Crippen LogP contribution in [0.15, 0.2) is 48.5 Å². The number of nitrogens with zero attached hydrogens (tertiary/aromatic N) is 1. The van der Waals surface area contributed by atoms with E-state index in [-0.39, 0.29) is 42.7 Å². The van der Waals surface area contributed by atoms with Gasteiger partial charge < -0.3 is 20.1 Å². The molecule has 1 saturated heterocycles. The minimum atomic E-state index is -0.817. The van der Waals surface area contributed by atoms with Crippen LogP contribution < -0.4 is 5.32 Å². The molecule has 0 unspecified atom stereocenters. The zero-order valence-corrected chi connectivity index (χ0v) is 19.1. The third kappa shape index (κ3) is 4.52. The summed E-state index contributed by atoms with van der Waals surface area (Å²) in [5.74, 6) is -0.787. The first-order valence-electron chi connectivity index (χ1n) is 12.1. The Balaban J connectivity index is 1.13. The Bertz CT molecular complexity index is 1050. The van der Waals surface area contributed by atoms with Gasteiger partial charge >= 0.3 is 12.1 Å². The van der Waals surface area contributed by atoms with Crippen LogP contribution in [-0.4, -0.2) is 53.7 Å². The molecule has 0 bridgehead atoms. The van der Waals surface area contributed by atoms with E-state index in [9.17, 15) is 14.4 Å². The predicted molar refractivity (Wildman–Crippen MR) is 126 cm³/mol. The first kappa shape index (κ1) is 22.4. The van der Waals surface area contributed by atoms with Crippen molar-refractivity contribution in [3.05, 3.63) is 59.7 Å². The van der Waals surface area contributed by atoms with Crippen molar-refractivity contribution in [1.29, 1.82) is 0 Å². The van der Waals surface area contributed by atoms with Gasteiger partial charge in [0, 0.05) is 36.9 Å². The van der Waals surface area contributed by atoms with Gasteiger partial charge in [0.05, 0.1) is 6.42 Å². The number of amides is 2. The maximum Gasteiger partial charge on any atom is 0.407 e. The summed E-state index contributed by atoms with van der Waals surface area (Å²) >= 11 is 0. The molecule has 1 heterocycles. The van der Waals surface area contributed by atoms with Crippen LogP contribution in [0.3, 0.4) is 0 Å². The summed E-state index contributed by atoms with van der Waals surface area (Å²) in [4.78, 5) is 38.0. The molecule has 2 aromatic rings. The number of benzene rings is 2. The number of carbonyl (C=O) groups is 3. The molecule has 2 aromatic carbocycles. The number of fused-ring (bicyclic) bond motifs is 3. The molecule has 0 spiro atoms. The van der Waals surface area contributed by atoms with Crippen LogP contribution in [0.5, 0.6) is 0 Å². The molecule has 2 atom stereocenters. The number of likely N-dealkylation sites (tertiary alicyclic amines) is 1. The van der Waals surface area contributed by atoms with Crippen molar-refractivity contribution in [2.24, 2.45) is 11.8 Å². The summed E-state index contributed by atoms with van der Waals surface area (Å²) in [6.45, 7) is 1.31. The summed E-state index contributed by atoms with van der Waals surface area (Å²) in [6, 6.07) is 16.4. The number of hydrogen-bond acceptors (Lipinski definition) is 4. The lowest BCUT2D eigenvalue weighted by molar-refractivity contribution is -0.148. The van der Waals surface area contributed by atoms with Gasteiger partial charge in [-0.15, -0.1) is 0 Å². The van der Waals surface area contributed by atoms with E-state index in [1.54, 1.807) is 4.90 Å². The maximum atomic E-state index is 12.8. The predicted octanol–water partition coefficient (Wildman–Crippen LogP) is 4.02. The van der Waals surface area contributed by atoms with Gasteiger partial charge in [0.15, 0.2) is 0 Å². The van der Waals surface area contributed by atoms with Gasteiger partial charge in [-0.3, -0.25) is 9.59 Å². The fourth-order valence-corrected chi connectivity index (χ4v) is 5.74. The van der Waals surface area contributed by atoms with Crippen LogP contribution in [-0.2, 0) is 14.3 Å². The summed E-state index contributed by atoms with van der Waals surface area (Å²) in [7, 11) is 0. The third-order valence-corrected chi connectivity index (χ3v) is 7.42. The quantitative estimate of drug-likeness (QED) is 0.676. The molecule has 7 nitrogen and oxygen atoms in total. The second-order valence-electron chi connectivity index (χ2n) is 9.74. The highest BCUT2D eigenvalue weighted by atomic mass is 16.5. The van der Waals surface area contributed by atoms with Gasteiger partial charge in [-0.1, -0.05) is 55.0 Å². The first-order valence-corrected chi connectivity index (χ1v) is 12.1. The van der Waals surface area contributed by atoms with Crippen molar-refractivity contribution in [1.82, 2.24) is 10.2 Å². The van der Waals surface area contributed by atoms with Gasteiger partial charge in [-0.05, 0) is 41.5 Å². The molecule has 7 heteroatoms. The zero-order valence-electron chi connectivity index (χ0n) is 19.1. The van der Waals surface area contributed by atoms with E-state index < -0.39 is 12.1 Å². The minimum Gasteiger partial charge on any atom is -0.481 e. The van der Waals surface area contributed by atoms with E-state index in [4.69, 9.17) is 9.84 Å². The van der Waals surface area contributed by atoms with Gasteiger partial charge in [0.25, 0.3) is 0 Å². The topological polar surface area (TPSA) is 95.9 Å². The number of rotatable bonds is 6. The van der Waals surface area contributed by atoms with Crippen molar-refractivity contribution in [2.75, 3.05) is 19.7 Å². The van der Waals surface area contributed by atoms with Crippen molar-refractivity contribution in [3.63, 3.8) is 0 Å². The fraction of sp³-hybridized carbons (Fsp3) is 0.444. The Hall–Kier alpha value is -3.35. The van der Waals surface area contributed by atoms with E-state index in [2.05, 4.69) is 29.6 Å². The number of aliphatic carboxylic acids is 1. The molecule has 34 heavy (non-hydrogen) atoms. The highest BCUT2D eigenvalue weighted by Gasteiger charge is 2.37. The van der Waals surface area contributed by atoms with Crippen molar-refractivity contribution in [2.45, 2.75) is 44.1 Å². The molecule has 1 saturated carbocycles. The van der Waals surface area contributed by atoms with Crippen molar-refractivity contribution >= 4 is 18.0 Å². The lowest BCUT2D eigenvalue weighted by atomic mass is 9.83. The summed E-state index contributed by atoms with van der Waals surface area (Å²) in [5.41, 5.74) is 4.74. The normalized spacial score (nSPS) is 21.8. The second-order valence-corrected chi connectivity index (χ2v) is 9.74. The number of carboxylic acid groups (broad SMARTS) is 1. The Morgan fingerprint density at radius 1 is 0.971 bits per heavy atom. The van der Waals surface area contributed by atoms with Gasteiger partial charge in [0.2, 0.25) is 5.91 Å². The molecule has 1 aliphatic heterocycles. The summed E-state index contributed by atoms with van der Waals surface area (Å²) in [6.07, 6.45) is 2.78. The number of alkyl carbamates (subject to hydrolysis) is 1. The number of ether oxygens (including phenoxy) is 1. The number of nitrogens with one attached hydrogen (secondary N) is 1. The Morgan fingerprint density at radius 2 is 1.62 bits per heavy atom. The molecule has 0 aromatic heterocycles. The molecule has 178 valence electrons. The lowest BCUT2D eigenvalue weighted by Gasteiger charge is -2.42. The molecule has 2 aliphatic carbocycles. The van der Waals surface area contributed by atoms with E-state index in [0.29, 0.717) is 19.5 Å². The number of carboxylic acids is 1. The molecule has 3 aliphatic rings. The van der Waals surface area contributed by atoms with E-state index in [0.717, 1.165) is 19.3 Å². The van der Waals surface area contributed by atoms with Crippen LogP contribution >= 0.6 is 0 Å². The SMILES string of the molecule is O=C(O)CC1CN(C(=O)[C@@H]2CCC[C@H](NC(=O)OCC3c4ccccc4-c4ccccc43)C2)C1. The van der Waals surface area contributed by atoms with Crippen LogP contribution in [0.4, 0.5) is 4.79 Å². The molecular formula is C27H30N2O5. The van der Waals surface area contributed by atoms with Gasteiger partial charge in [0.1, 0.15) is 6.61 Å². The van der Waals surface area contributed by atoms with Crippen LogP contribution in [0.2, 0.25) is 0 Å².